The lowest BCUT2D eigenvalue weighted by atomic mass is 9.95. The van der Waals surface area contributed by atoms with E-state index in [-0.39, 0.29) is 6.04 Å². The van der Waals surface area contributed by atoms with E-state index >= 15 is 0 Å². The van der Waals surface area contributed by atoms with Crippen molar-refractivity contribution in [2.24, 2.45) is 5.73 Å². The van der Waals surface area contributed by atoms with Crippen LogP contribution < -0.4 is 15.2 Å². The van der Waals surface area contributed by atoms with Gasteiger partial charge in [0, 0.05) is 6.04 Å². The molecule has 0 aromatic heterocycles. The van der Waals surface area contributed by atoms with Crippen molar-refractivity contribution < 1.29 is 9.47 Å². The van der Waals surface area contributed by atoms with Crippen LogP contribution in [0.5, 0.6) is 11.5 Å². The molecule has 0 fully saturated rings. The highest BCUT2D eigenvalue weighted by Gasteiger charge is 2.14. The van der Waals surface area contributed by atoms with Gasteiger partial charge in [-0.25, -0.2) is 0 Å². The van der Waals surface area contributed by atoms with Crippen LogP contribution in [0.3, 0.4) is 0 Å². The third kappa shape index (κ3) is 3.76. The summed E-state index contributed by atoms with van der Waals surface area (Å²) < 4.78 is 10.7. The standard InChI is InChI=1S/C18H23NO2/c1-13-11-17(20-2)18(21-3)12-15(13)16(19)10-9-14-7-5-4-6-8-14/h4-8,11-12,16H,9-10,19H2,1-3H3. The van der Waals surface area contributed by atoms with Gasteiger partial charge >= 0.3 is 0 Å². The Kier molecular flexibility index (Phi) is 5.23. The van der Waals surface area contributed by atoms with Crippen molar-refractivity contribution in [3.8, 4) is 11.5 Å². The van der Waals surface area contributed by atoms with Crippen LogP contribution in [0, 0.1) is 6.92 Å². The number of benzene rings is 2. The van der Waals surface area contributed by atoms with Gasteiger partial charge < -0.3 is 15.2 Å². The third-order valence-corrected chi connectivity index (χ3v) is 3.76. The summed E-state index contributed by atoms with van der Waals surface area (Å²) in [7, 11) is 3.29. The van der Waals surface area contributed by atoms with Gasteiger partial charge in [0.15, 0.2) is 11.5 Å². The van der Waals surface area contributed by atoms with Gasteiger partial charge in [0.1, 0.15) is 0 Å². The fourth-order valence-electron chi connectivity index (χ4n) is 2.52. The van der Waals surface area contributed by atoms with Gasteiger partial charge in [-0.15, -0.1) is 0 Å². The maximum Gasteiger partial charge on any atom is 0.161 e. The normalized spacial score (nSPS) is 12.0. The zero-order chi connectivity index (χ0) is 15.2. The van der Waals surface area contributed by atoms with Gasteiger partial charge in [0.25, 0.3) is 0 Å². The Labute approximate surface area is 126 Å². The largest absolute Gasteiger partial charge is 0.493 e. The van der Waals surface area contributed by atoms with Crippen LogP contribution in [-0.4, -0.2) is 14.2 Å². The molecule has 0 saturated heterocycles. The predicted octanol–water partition coefficient (Wildman–Crippen LogP) is 3.64. The molecule has 0 amide bonds. The molecule has 1 unspecified atom stereocenters. The van der Waals surface area contributed by atoms with Crippen LogP contribution in [0.15, 0.2) is 42.5 Å². The molecule has 0 aliphatic heterocycles. The van der Waals surface area contributed by atoms with E-state index in [1.54, 1.807) is 14.2 Å². The Morgan fingerprint density at radius 1 is 1.00 bits per heavy atom. The Bertz CT molecular complexity index is 581. The van der Waals surface area contributed by atoms with Crippen molar-refractivity contribution in [2.75, 3.05) is 14.2 Å². The first-order valence-electron chi connectivity index (χ1n) is 7.17. The minimum absolute atomic E-state index is 0.00925. The van der Waals surface area contributed by atoms with Crippen molar-refractivity contribution in [1.29, 1.82) is 0 Å². The molecular formula is C18H23NO2. The number of nitrogens with two attached hydrogens (primary N) is 1. The summed E-state index contributed by atoms with van der Waals surface area (Å²) in [6.07, 6.45) is 1.87. The van der Waals surface area contributed by atoms with Gasteiger partial charge in [-0.3, -0.25) is 0 Å². The summed E-state index contributed by atoms with van der Waals surface area (Å²) in [5.74, 6) is 1.47. The molecule has 3 heteroatoms. The van der Waals surface area contributed by atoms with Crippen LogP contribution in [0.2, 0.25) is 0 Å². The molecule has 0 spiro atoms. The number of hydrogen-bond acceptors (Lipinski definition) is 3. The van der Waals surface area contributed by atoms with E-state index in [0.717, 1.165) is 35.5 Å². The van der Waals surface area contributed by atoms with E-state index in [1.807, 2.05) is 18.2 Å². The summed E-state index contributed by atoms with van der Waals surface area (Å²) in [4.78, 5) is 0. The molecule has 2 N–H and O–H groups in total. The molecule has 2 rings (SSSR count). The lowest BCUT2D eigenvalue weighted by Crippen LogP contribution is -2.13. The molecule has 0 bridgehead atoms. The van der Waals surface area contributed by atoms with Gasteiger partial charge in [0.2, 0.25) is 0 Å². The summed E-state index contributed by atoms with van der Waals surface area (Å²) in [5, 5.41) is 0. The maximum absolute atomic E-state index is 6.36. The second-order valence-electron chi connectivity index (χ2n) is 5.19. The first-order chi connectivity index (χ1) is 10.2. The monoisotopic (exact) mass is 285 g/mol. The second kappa shape index (κ2) is 7.14. The van der Waals surface area contributed by atoms with Crippen LogP contribution in [0.1, 0.15) is 29.2 Å². The SMILES string of the molecule is COc1cc(C)c(C(N)CCc2ccccc2)cc1OC. The molecule has 0 aliphatic rings. The molecule has 0 radical (unpaired) electrons. The fourth-order valence-corrected chi connectivity index (χ4v) is 2.52. The smallest absolute Gasteiger partial charge is 0.161 e. The van der Waals surface area contributed by atoms with Gasteiger partial charge in [-0.05, 0) is 48.6 Å². The average Bonchev–Trinajstić information content (AvgIpc) is 2.53. The van der Waals surface area contributed by atoms with Gasteiger partial charge in [-0.2, -0.15) is 0 Å². The highest BCUT2D eigenvalue weighted by molar-refractivity contribution is 5.48. The zero-order valence-corrected chi connectivity index (χ0v) is 12.9. The van der Waals surface area contributed by atoms with Crippen molar-refractivity contribution in [3.05, 3.63) is 59.2 Å². The Morgan fingerprint density at radius 3 is 2.24 bits per heavy atom. The number of rotatable bonds is 6. The first kappa shape index (κ1) is 15.4. The van der Waals surface area contributed by atoms with Crippen molar-refractivity contribution in [1.82, 2.24) is 0 Å². The van der Waals surface area contributed by atoms with Crippen molar-refractivity contribution >= 4 is 0 Å². The van der Waals surface area contributed by atoms with E-state index in [4.69, 9.17) is 15.2 Å². The van der Waals surface area contributed by atoms with E-state index in [0.29, 0.717) is 0 Å². The summed E-state index contributed by atoms with van der Waals surface area (Å²) in [6, 6.07) is 14.4. The highest BCUT2D eigenvalue weighted by Crippen LogP contribution is 2.33. The fraction of sp³-hybridized carbons (Fsp3) is 0.333. The van der Waals surface area contributed by atoms with E-state index in [9.17, 15) is 0 Å². The molecule has 2 aromatic rings. The van der Waals surface area contributed by atoms with Crippen LogP contribution in [-0.2, 0) is 6.42 Å². The minimum atomic E-state index is -0.00925. The zero-order valence-electron chi connectivity index (χ0n) is 12.9. The average molecular weight is 285 g/mol. The third-order valence-electron chi connectivity index (χ3n) is 3.76. The predicted molar refractivity (Wildman–Crippen MR) is 86.0 cm³/mol. The second-order valence-corrected chi connectivity index (χ2v) is 5.19. The Morgan fingerprint density at radius 2 is 1.62 bits per heavy atom. The molecule has 1 atom stereocenters. The van der Waals surface area contributed by atoms with Gasteiger partial charge in [0.05, 0.1) is 14.2 Å². The molecule has 112 valence electrons. The molecule has 0 aliphatic carbocycles. The van der Waals surface area contributed by atoms with E-state index in [2.05, 4.69) is 31.2 Å². The summed E-state index contributed by atoms with van der Waals surface area (Å²) in [5.41, 5.74) is 9.92. The Hall–Kier alpha value is -2.00. The van der Waals surface area contributed by atoms with E-state index < -0.39 is 0 Å². The molecule has 3 nitrogen and oxygen atoms in total. The Balaban J connectivity index is 2.13. The summed E-state index contributed by atoms with van der Waals surface area (Å²) >= 11 is 0. The first-order valence-corrected chi connectivity index (χ1v) is 7.17. The lowest BCUT2D eigenvalue weighted by molar-refractivity contribution is 0.353. The molecular weight excluding hydrogens is 262 g/mol. The molecule has 0 saturated carbocycles. The quantitative estimate of drug-likeness (QED) is 0.881. The number of aryl methyl sites for hydroxylation is 2. The number of hydrogen-bond donors (Lipinski definition) is 1. The summed E-state index contributed by atoms with van der Waals surface area (Å²) in [6.45, 7) is 2.06. The maximum atomic E-state index is 6.36. The molecule has 21 heavy (non-hydrogen) atoms. The van der Waals surface area contributed by atoms with Crippen molar-refractivity contribution in [2.45, 2.75) is 25.8 Å². The van der Waals surface area contributed by atoms with Crippen molar-refractivity contribution in [3.63, 3.8) is 0 Å². The van der Waals surface area contributed by atoms with E-state index in [1.165, 1.54) is 5.56 Å². The van der Waals surface area contributed by atoms with Gasteiger partial charge in [-0.1, -0.05) is 30.3 Å². The van der Waals surface area contributed by atoms with Crippen LogP contribution >= 0.6 is 0 Å². The minimum Gasteiger partial charge on any atom is -0.493 e. The number of ether oxygens (including phenoxy) is 2. The lowest BCUT2D eigenvalue weighted by Gasteiger charge is -2.18. The topological polar surface area (TPSA) is 44.5 Å². The number of methoxy groups -OCH3 is 2. The van der Waals surface area contributed by atoms with Crippen LogP contribution in [0.25, 0.3) is 0 Å². The molecule has 2 aromatic carbocycles. The molecule has 0 heterocycles. The highest BCUT2D eigenvalue weighted by atomic mass is 16.5. The van der Waals surface area contributed by atoms with Crippen LogP contribution in [0.4, 0.5) is 0 Å².